The molecule has 1 aromatic carbocycles. The van der Waals surface area contributed by atoms with Crippen LogP contribution in [-0.2, 0) is 15.9 Å². The fourth-order valence-electron chi connectivity index (χ4n) is 2.39. The van der Waals surface area contributed by atoms with Crippen molar-refractivity contribution >= 4 is 29.9 Å². The van der Waals surface area contributed by atoms with Crippen molar-refractivity contribution in [3.05, 3.63) is 35.9 Å². The number of hydrogen-bond acceptors (Lipinski definition) is 3. The summed E-state index contributed by atoms with van der Waals surface area (Å²) < 4.78 is 11.1. The molecule has 1 aliphatic rings. The number of rotatable bonds is 9. The second-order valence-corrected chi connectivity index (χ2v) is 5.49. The summed E-state index contributed by atoms with van der Waals surface area (Å²) in [6.45, 7) is 3.78. The fourth-order valence-corrected chi connectivity index (χ4v) is 2.39. The molecule has 1 heterocycles. The summed E-state index contributed by atoms with van der Waals surface area (Å²) in [5, 5.41) is 3.13. The van der Waals surface area contributed by atoms with Gasteiger partial charge in [-0.2, -0.15) is 0 Å². The predicted molar refractivity (Wildman–Crippen MR) is 104 cm³/mol. The first-order valence-corrected chi connectivity index (χ1v) is 8.11. The lowest BCUT2D eigenvalue weighted by atomic mass is 10.1. The van der Waals surface area contributed by atoms with Gasteiger partial charge in [-0.05, 0) is 31.2 Å². The summed E-state index contributed by atoms with van der Waals surface area (Å²) in [5.74, 6) is 0.509. The van der Waals surface area contributed by atoms with Crippen LogP contribution in [-0.4, -0.2) is 45.0 Å². The number of aliphatic imine (C=N–C) groups is 1. The normalized spacial score (nSPS) is 17.7. The van der Waals surface area contributed by atoms with Crippen molar-refractivity contribution in [1.29, 1.82) is 0 Å². The zero-order chi connectivity index (χ0) is 15.5. The van der Waals surface area contributed by atoms with E-state index in [4.69, 9.17) is 15.2 Å². The lowest BCUT2D eigenvalue weighted by molar-refractivity contribution is 0.0171. The molecule has 0 aromatic heterocycles. The minimum atomic E-state index is 0. The first kappa shape index (κ1) is 20.2. The third kappa shape index (κ3) is 9.12. The van der Waals surface area contributed by atoms with Gasteiger partial charge in [0.15, 0.2) is 5.96 Å². The molecular formula is C17H28IN3O2. The highest BCUT2D eigenvalue weighted by Crippen LogP contribution is 2.11. The highest BCUT2D eigenvalue weighted by Gasteiger charge is 2.14. The summed E-state index contributed by atoms with van der Waals surface area (Å²) in [7, 11) is 0. The van der Waals surface area contributed by atoms with Gasteiger partial charge in [0.05, 0.1) is 12.7 Å². The number of nitrogens with two attached hydrogens (primary N) is 1. The third-order valence-corrected chi connectivity index (χ3v) is 3.62. The molecule has 0 radical (unpaired) electrons. The maximum Gasteiger partial charge on any atom is 0.188 e. The average molecular weight is 433 g/mol. The summed E-state index contributed by atoms with van der Waals surface area (Å²) in [5.41, 5.74) is 7.13. The van der Waals surface area contributed by atoms with Crippen LogP contribution in [0.15, 0.2) is 35.3 Å². The number of benzene rings is 1. The standard InChI is InChI=1S/C17H27N3O2.HI/c18-17(20-11-9-15-6-2-1-3-7-15)19-10-5-12-21-14-16-8-4-13-22-16;/h1-3,6-7,16H,4-5,8-14H2,(H3,18,19,20);1H. The van der Waals surface area contributed by atoms with Gasteiger partial charge >= 0.3 is 0 Å². The van der Waals surface area contributed by atoms with E-state index >= 15 is 0 Å². The highest BCUT2D eigenvalue weighted by molar-refractivity contribution is 14.0. The Bertz CT molecular complexity index is 437. The molecule has 2 rings (SSSR count). The molecule has 1 aliphatic heterocycles. The quantitative estimate of drug-likeness (QED) is 0.272. The van der Waals surface area contributed by atoms with Gasteiger partial charge in [-0.1, -0.05) is 30.3 Å². The molecule has 3 N–H and O–H groups in total. The van der Waals surface area contributed by atoms with Crippen LogP contribution in [0.2, 0.25) is 0 Å². The Morgan fingerprint density at radius 3 is 2.91 bits per heavy atom. The van der Waals surface area contributed by atoms with Crippen molar-refractivity contribution in [1.82, 2.24) is 5.32 Å². The highest BCUT2D eigenvalue weighted by atomic mass is 127. The maximum absolute atomic E-state index is 5.83. The topological polar surface area (TPSA) is 68.9 Å². The lowest BCUT2D eigenvalue weighted by Crippen LogP contribution is -2.33. The van der Waals surface area contributed by atoms with Crippen molar-refractivity contribution in [2.75, 3.05) is 32.9 Å². The molecule has 1 atom stereocenters. The summed E-state index contributed by atoms with van der Waals surface area (Å²) in [6.07, 6.45) is 4.41. The zero-order valence-electron chi connectivity index (χ0n) is 13.6. The number of nitrogens with zero attached hydrogens (tertiary/aromatic N) is 1. The van der Waals surface area contributed by atoms with E-state index < -0.39 is 0 Å². The second kappa shape index (κ2) is 12.5. The van der Waals surface area contributed by atoms with Crippen molar-refractivity contribution in [2.45, 2.75) is 31.8 Å². The number of ether oxygens (including phenoxy) is 2. The average Bonchev–Trinajstić information content (AvgIpc) is 3.05. The Kier molecular flexibility index (Phi) is 11.0. The van der Waals surface area contributed by atoms with E-state index in [-0.39, 0.29) is 24.0 Å². The monoisotopic (exact) mass is 433 g/mol. The number of guanidine groups is 1. The van der Waals surface area contributed by atoms with E-state index in [2.05, 4.69) is 22.4 Å². The molecule has 6 heteroatoms. The molecule has 1 unspecified atom stereocenters. The largest absolute Gasteiger partial charge is 0.379 e. The lowest BCUT2D eigenvalue weighted by Gasteiger charge is -2.09. The van der Waals surface area contributed by atoms with E-state index in [0.717, 1.165) is 38.8 Å². The van der Waals surface area contributed by atoms with Gasteiger partial charge in [-0.15, -0.1) is 24.0 Å². The van der Waals surface area contributed by atoms with Crippen LogP contribution < -0.4 is 11.1 Å². The molecule has 0 aliphatic carbocycles. The van der Waals surface area contributed by atoms with Gasteiger partial charge in [-0.3, -0.25) is 4.99 Å². The molecule has 1 fully saturated rings. The van der Waals surface area contributed by atoms with Crippen LogP contribution in [0.3, 0.4) is 0 Å². The smallest absolute Gasteiger partial charge is 0.188 e. The van der Waals surface area contributed by atoms with Gasteiger partial charge in [0.2, 0.25) is 0 Å². The van der Waals surface area contributed by atoms with Crippen molar-refractivity contribution in [3.8, 4) is 0 Å². The van der Waals surface area contributed by atoms with Crippen LogP contribution in [0, 0.1) is 0 Å². The fraction of sp³-hybridized carbons (Fsp3) is 0.588. The van der Waals surface area contributed by atoms with Gasteiger partial charge in [0.25, 0.3) is 0 Å². The maximum atomic E-state index is 5.83. The third-order valence-electron chi connectivity index (χ3n) is 3.62. The Labute approximate surface area is 156 Å². The van der Waals surface area contributed by atoms with Crippen LogP contribution in [0.1, 0.15) is 24.8 Å². The van der Waals surface area contributed by atoms with E-state index in [0.29, 0.717) is 31.8 Å². The number of hydrogen-bond donors (Lipinski definition) is 2. The van der Waals surface area contributed by atoms with E-state index in [1.54, 1.807) is 0 Å². The molecule has 1 saturated heterocycles. The van der Waals surface area contributed by atoms with Crippen LogP contribution in [0.5, 0.6) is 0 Å². The molecule has 0 bridgehead atoms. The second-order valence-electron chi connectivity index (χ2n) is 5.49. The molecule has 1 aromatic rings. The molecule has 130 valence electrons. The number of nitrogens with one attached hydrogen (secondary N) is 1. The summed E-state index contributed by atoms with van der Waals surface area (Å²) >= 11 is 0. The first-order chi connectivity index (χ1) is 10.8. The molecular weight excluding hydrogens is 405 g/mol. The minimum Gasteiger partial charge on any atom is -0.379 e. The van der Waals surface area contributed by atoms with Crippen molar-refractivity contribution in [2.24, 2.45) is 10.7 Å². The van der Waals surface area contributed by atoms with E-state index in [1.807, 2.05) is 18.2 Å². The van der Waals surface area contributed by atoms with Gasteiger partial charge in [-0.25, -0.2) is 0 Å². The molecule has 0 amide bonds. The van der Waals surface area contributed by atoms with E-state index in [1.165, 1.54) is 5.56 Å². The van der Waals surface area contributed by atoms with Crippen LogP contribution in [0.4, 0.5) is 0 Å². The Balaban J connectivity index is 0.00000264. The Morgan fingerprint density at radius 2 is 2.17 bits per heavy atom. The molecule has 0 spiro atoms. The summed E-state index contributed by atoms with van der Waals surface area (Å²) in [6, 6.07) is 10.3. The first-order valence-electron chi connectivity index (χ1n) is 8.11. The van der Waals surface area contributed by atoms with Crippen LogP contribution in [0.25, 0.3) is 0 Å². The predicted octanol–water partition coefficient (Wildman–Crippen LogP) is 2.34. The zero-order valence-corrected chi connectivity index (χ0v) is 15.9. The van der Waals surface area contributed by atoms with Crippen LogP contribution >= 0.6 is 24.0 Å². The van der Waals surface area contributed by atoms with Gasteiger partial charge in [0, 0.05) is 26.3 Å². The van der Waals surface area contributed by atoms with Gasteiger partial charge < -0.3 is 20.5 Å². The van der Waals surface area contributed by atoms with Crippen molar-refractivity contribution in [3.63, 3.8) is 0 Å². The van der Waals surface area contributed by atoms with Gasteiger partial charge in [0.1, 0.15) is 0 Å². The Hall–Kier alpha value is -0.860. The van der Waals surface area contributed by atoms with Crippen molar-refractivity contribution < 1.29 is 9.47 Å². The molecule has 0 saturated carbocycles. The molecule has 5 nitrogen and oxygen atoms in total. The minimum absolute atomic E-state index is 0. The number of halogens is 1. The van der Waals surface area contributed by atoms with E-state index in [9.17, 15) is 0 Å². The summed E-state index contributed by atoms with van der Waals surface area (Å²) in [4.78, 5) is 4.30. The molecule has 23 heavy (non-hydrogen) atoms. The Morgan fingerprint density at radius 1 is 1.35 bits per heavy atom. The SMILES string of the molecule is I.NC(=NCCCOCC1CCCO1)NCCc1ccccc1.